The Kier molecular flexibility index (Phi) is 4.85. The normalized spacial score (nSPS) is 30.2. The summed E-state index contributed by atoms with van der Waals surface area (Å²) in [6, 6.07) is 0. The second-order valence-electron chi connectivity index (χ2n) is 4.37. The summed E-state index contributed by atoms with van der Waals surface area (Å²) in [4.78, 5) is 0. The molecule has 1 rings (SSSR count). The van der Waals surface area contributed by atoms with Crippen molar-refractivity contribution >= 4 is 0 Å². The molecule has 3 nitrogen and oxygen atoms in total. The van der Waals surface area contributed by atoms with Crippen molar-refractivity contribution in [3.8, 4) is 0 Å². The third-order valence-electron chi connectivity index (χ3n) is 3.03. The average Bonchev–Trinajstić information content (AvgIpc) is 2.27. The van der Waals surface area contributed by atoms with Gasteiger partial charge in [0, 0.05) is 13.2 Å². The van der Waals surface area contributed by atoms with Crippen LogP contribution in [0.25, 0.3) is 0 Å². The van der Waals surface area contributed by atoms with Crippen molar-refractivity contribution in [3.63, 3.8) is 0 Å². The summed E-state index contributed by atoms with van der Waals surface area (Å²) in [5.41, 5.74) is 5.57. The molecule has 1 fully saturated rings. The summed E-state index contributed by atoms with van der Waals surface area (Å²) in [6.45, 7) is 7.28. The Labute approximate surface area is 86.9 Å². The van der Waals surface area contributed by atoms with Crippen molar-refractivity contribution in [2.75, 3.05) is 26.4 Å². The molecule has 2 N–H and O–H groups in total. The van der Waals surface area contributed by atoms with Crippen molar-refractivity contribution in [2.45, 2.75) is 38.7 Å². The van der Waals surface area contributed by atoms with E-state index in [0.29, 0.717) is 19.1 Å². The van der Waals surface area contributed by atoms with Crippen LogP contribution in [0.5, 0.6) is 0 Å². The SMILES string of the molecule is CCC(C)COC1(CN)CCCOC1. The molecule has 14 heavy (non-hydrogen) atoms. The lowest BCUT2D eigenvalue weighted by Crippen LogP contribution is -2.48. The summed E-state index contributed by atoms with van der Waals surface area (Å²) in [7, 11) is 0. The Hall–Kier alpha value is -0.120. The summed E-state index contributed by atoms with van der Waals surface area (Å²) in [5.74, 6) is 0.611. The quantitative estimate of drug-likeness (QED) is 0.734. The third kappa shape index (κ3) is 3.23. The van der Waals surface area contributed by atoms with Crippen LogP contribution in [0.4, 0.5) is 0 Å². The maximum absolute atomic E-state index is 5.92. The van der Waals surface area contributed by atoms with E-state index in [1.807, 2.05) is 0 Å². The van der Waals surface area contributed by atoms with Gasteiger partial charge in [-0.2, -0.15) is 0 Å². The van der Waals surface area contributed by atoms with Crippen molar-refractivity contribution in [3.05, 3.63) is 0 Å². The lowest BCUT2D eigenvalue weighted by molar-refractivity contribution is -0.130. The Morgan fingerprint density at radius 1 is 1.57 bits per heavy atom. The highest BCUT2D eigenvalue weighted by atomic mass is 16.5. The molecule has 0 radical (unpaired) electrons. The van der Waals surface area contributed by atoms with E-state index in [1.165, 1.54) is 0 Å². The molecule has 2 atom stereocenters. The van der Waals surface area contributed by atoms with Crippen molar-refractivity contribution in [2.24, 2.45) is 11.7 Å². The van der Waals surface area contributed by atoms with Gasteiger partial charge >= 0.3 is 0 Å². The minimum Gasteiger partial charge on any atom is -0.378 e. The predicted octanol–water partition coefficient (Wildman–Crippen LogP) is 1.56. The van der Waals surface area contributed by atoms with E-state index in [9.17, 15) is 0 Å². The Balaban J connectivity index is 2.36. The molecule has 2 unspecified atom stereocenters. The minimum absolute atomic E-state index is 0.193. The van der Waals surface area contributed by atoms with Crippen LogP contribution in [-0.4, -0.2) is 32.0 Å². The van der Waals surface area contributed by atoms with Crippen LogP contribution in [0.1, 0.15) is 33.1 Å². The van der Waals surface area contributed by atoms with Crippen molar-refractivity contribution < 1.29 is 9.47 Å². The van der Waals surface area contributed by atoms with Crippen LogP contribution in [0.15, 0.2) is 0 Å². The van der Waals surface area contributed by atoms with Crippen molar-refractivity contribution in [1.29, 1.82) is 0 Å². The molecule has 1 saturated heterocycles. The highest BCUT2D eigenvalue weighted by molar-refractivity contribution is 4.84. The van der Waals surface area contributed by atoms with Gasteiger partial charge in [0.2, 0.25) is 0 Å². The molecular formula is C11H23NO2. The zero-order chi connectivity index (χ0) is 10.4. The van der Waals surface area contributed by atoms with Gasteiger partial charge in [0.1, 0.15) is 5.60 Å². The van der Waals surface area contributed by atoms with Gasteiger partial charge in [-0.05, 0) is 18.8 Å². The van der Waals surface area contributed by atoms with E-state index in [-0.39, 0.29) is 5.60 Å². The largest absolute Gasteiger partial charge is 0.378 e. The van der Waals surface area contributed by atoms with E-state index >= 15 is 0 Å². The van der Waals surface area contributed by atoms with Gasteiger partial charge in [0.25, 0.3) is 0 Å². The molecule has 0 spiro atoms. The first-order valence-corrected chi connectivity index (χ1v) is 5.64. The lowest BCUT2D eigenvalue weighted by Gasteiger charge is -2.36. The number of rotatable bonds is 5. The van der Waals surface area contributed by atoms with Gasteiger partial charge in [-0.1, -0.05) is 20.3 Å². The molecule has 0 aromatic carbocycles. The van der Waals surface area contributed by atoms with Gasteiger partial charge in [-0.15, -0.1) is 0 Å². The summed E-state index contributed by atoms with van der Waals surface area (Å²) in [6.07, 6.45) is 3.26. The smallest absolute Gasteiger partial charge is 0.104 e. The van der Waals surface area contributed by atoms with Crippen LogP contribution in [0.2, 0.25) is 0 Å². The molecule has 84 valence electrons. The molecule has 0 aromatic heterocycles. The van der Waals surface area contributed by atoms with Crippen LogP contribution in [0.3, 0.4) is 0 Å². The molecule has 1 aliphatic rings. The minimum atomic E-state index is -0.193. The number of ether oxygens (including phenoxy) is 2. The first-order valence-electron chi connectivity index (χ1n) is 5.64. The fourth-order valence-corrected chi connectivity index (χ4v) is 1.60. The molecule has 0 bridgehead atoms. The number of hydrogen-bond donors (Lipinski definition) is 1. The first kappa shape index (κ1) is 12.0. The van der Waals surface area contributed by atoms with Gasteiger partial charge < -0.3 is 15.2 Å². The third-order valence-corrected chi connectivity index (χ3v) is 3.03. The molecular weight excluding hydrogens is 178 g/mol. The Morgan fingerprint density at radius 3 is 2.86 bits per heavy atom. The van der Waals surface area contributed by atoms with Gasteiger partial charge in [-0.3, -0.25) is 0 Å². The van der Waals surface area contributed by atoms with Gasteiger partial charge in [-0.25, -0.2) is 0 Å². The van der Waals surface area contributed by atoms with Gasteiger partial charge in [0.05, 0.1) is 13.2 Å². The average molecular weight is 201 g/mol. The molecule has 0 aromatic rings. The Bertz CT molecular complexity index is 155. The topological polar surface area (TPSA) is 44.5 Å². The summed E-state index contributed by atoms with van der Waals surface area (Å²) >= 11 is 0. The monoisotopic (exact) mass is 201 g/mol. The standard InChI is InChI=1S/C11H23NO2/c1-3-10(2)7-14-11(8-12)5-4-6-13-9-11/h10H,3-9,12H2,1-2H3. The fourth-order valence-electron chi connectivity index (χ4n) is 1.60. The molecule has 0 aliphatic carbocycles. The Morgan fingerprint density at radius 2 is 2.36 bits per heavy atom. The highest BCUT2D eigenvalue weighted by Crippen LogP contribution is 2.23. The predicted molar refractivity (Wildman–Crippen MR) is 57.2 cm³/mol. The second-order valence-corrected chi connectivity index (χ2v) is 4.37. The van der Waals surface area contributed by atoms with Crippen LogP contribution >= 0.6 is 0 Å². The molecule has 1 aliphatic heterocycles. The van der Waals surface area contributed by atoms with Crippen LogP contribution in [-0.2, 0) is 9.47 Å². The van der Waals surface area contributed by atoms with E-state index in [0.717, 1.165) is 32.5 Å². The van der Waals surface area contributed by atoms with Crippen molar-refractivity contribution in [1.82, 2.24) is 0 Å². The molecule has 0 amide bonds. The van der Waals surface area contributed by atoms with E-state index in [4.69, 9.17) is 15.2 Å². The van der Waals surface area contributed by atoms with E-state index in [2.05, 4.69) is 13.8 Å². The zero-order valence-electron chi connectivity index (χ0n) is 9.42. The summed E-state index contributed by atoms with van der Waals surface area (Å²) in [5, 5.41) is 0. The number of hydrogen-bond acceptors (Lipinski definition) is 3. The first-order chi connectivity index (χ1) is 6.72. The fraction of sp³-hybridized carbons (Fsp3) is 1.00. The molecule has 3 heteroatoms. The second kappa shape index (κ2) is 5.69. The van der Waals surface area contributed by atoms with Gasteiger partial charge in [0.15, 0.2) is 0 Å². The maximum Gasteiger partial charge on any atom is 0.104 e. The zero-order valence-corrected chi connectivity index (χ0v) is 9.42. The number of nitrogens with two attached hydrogens (primary N) is 1. The summed E-state index contributed by atoms with van der Waals surface area (Å²) < 4.78 is 11.4. The van der Waals surface area contributed by atoms with Crippen LogP contribution in [0, 0.1) is 5.92 Å². The van der Waals surface area contributed by atoms with Crippen LogP contribution < -0.4 is 5.73 Å². The lowest BCUT2D eigenvalue weighted by atomic mass is 9.96. The molecule has 1 heterocycles. The highest BCUT2D eigenvalue weighted by Gasteiger charge is 2.32. The maximum atomic E-state index is 5.92. The van der Waals surface area contributed by atoms with E-state index < -0.39 is 0 Å². The van der Waals surface area contributed by atoms with E-state index in [1.54, 1.807) is 0 Å². The molecule has 0 saturated carbocycles.